The summed E-state index contributed by atoms with van der Waals surface area (Å²) >= 11 is 0. The van der Waals surface area contributed by atoms with E-state index in [1.807, 2.05) is 48.6 Å². The van der Waals surface area contributed by atoms with Crippen molar-refractivity contribution >= 4 is 49.8 Å². The lowest BCUT2D eigenvalue weighted by Gasteiger charge is -2.12. The van der Waals surface area contributed by atoms with Gasteiger partial charge in [0, 0.05) is 34.0 Å². The maximum atomic E-state index is 8.54. The van der Waals surface area contributed by atoms with E-state index >= 15 is 0 Å². The largest absolute Gasteiger partial charge is 0.305 e. The number of nitrogens with zero attached hydrogens (tertiary/aromatic N) is 2. The lowest BCUT2D eigenvalue weighted by molar-refractivity contribution is 1.18. The highest BCUT2D eigenvalue weighted by Gasteiger charge is 2.14. The van der Waals surface area contributed by atoms with Crippen LogP contribution in [0.1, 0.15) is 17.0 Å². The van der Waals surface area contributed by atoms with Gasteiger partial charge in [-0.15, -0.1) is 0 Å². The van der Waals surface area contributed by atoms with E-state index in [2.05, 4.69) is 79.9 Å². The van der Waals surface area contributed by atoms with Gasteiger partial charge in [-0.05, 0) is 51.6 Å². The molecule has 6 rings (SSSR count). The van der Waals surface area contributed by atoms with Crippen LogP contribution in [0.4, 0.5) is 0 Å². The molecule has 39 heavy (non-hydrogen) atoms. The van der Waals surface area contributed by atoms with E-state index in [1.54, 1.807) is 6.08 Å². The monoisotopic (exact) mass is 501 g/mol. The van der Waals surface area contributed by atoms with Gasteiger partial charge in [-0.25, -0.2) is 9.97 Å². The number of benzene rings is 5. The molecule has 0 unspecified atom stereocenters. The first kappa shape index (κ1) is 24.2. The minimum atomic E-state index is 0.478. The Morgan fingerprint density at radius 1 is 0.718 bits per heavy atom. The first-order chi connectivity index (χ1) is 19.1. The molecule has 1 N–H and O–H groups in total. The summed E-state index contributed by atoms with van der Waals surface area (Å²) in [5, 5.41) is 14.1. The number of hydrogen-bond donors (Lipinski definition) is 1. The van der Waals surface area contributed by atoms with E-state index in [1.165, 1.54) is 5.39 Å². The average Bonchev–Trinajstić information content (AvgIpc) is 2.99. The van der Waals surface area contributed by atoms with Crippen LogP contribution in [0, 0.1) is 5.41 Å². The first-order valence-electron chi connectivity index (χ1n) is 12.9. The molecule has 0 aliphatic rings. The van der Waals surface area contributed by atoms with Gasteiger partial charge in [-0.2, -0.15) is 0 Å². The summed E-state index contributed by atoms with van der Waals surface area (Å²) in [5.74, 6) is 0.553. The molecule has 3 heteroatoms. The molecule has 0 aliphatic heterocycles. The van der Waals surface area contributed by atoms with Crippen LogP contribution in [0.5, 0.6) is 0 Å². The summed E-state index contributed by atoms with van der Waals surface area (Å²) < 4.78 is 0. The zero-order valence-electron chi connectivity index (χ0n) is 21.6. The molecule has 5 aromatic carbocycles. The van der Waals surface area contributed by atoms with E-state index in [0.29, 0.717) is 23.5 Å². The van der Waals surface area contributed by atoms with E-state index in [0.717, 1.165) is 49.4 Å². The van der Waals surface area contributed by atoms with Crippen molar-refractivity contribution < 1.29 is 0 Å². The average molecular weight is 502 g/mol. The minimum Gasteiger partial charge on any atom is -0.305 e. The lowest BCUT2D eigenvalue weighted by Crippen LogP contribution is -2.01. The number of aromatic nitrogens is 2. The summed E-state index contributed by atoms with van der Waals surface area (Å²) in [7, 11) is 0. The molecule has 0 spiro atoms. The molecule has 186 valence electrons. The van der Waals surface area contributed by atoms with Gasteiger partial charge in [0.2, 0.25) is 0 Å². The standard InChI is InChI=1S/C36H27N3/c1-3-25-10-4-6-14-29(25)23-31(37)20-16-24(2)36-38-34(30-18-17-26-11-5-7-13-28(26)22-30)33-21-19-27-12-8-9-15-32(27)35(33)39-36/h3-22,37H,1-2,23H2/b20-16-,37-31?. The molecule has 0 saturated carbocycles. The van der Waals surface area contributed by atoms with Crippen molar-refractivity contribution in [3.05, 3.63) is 145 Å². The Morgan fingerprint density at radius 3 is 2.28 bits per heavy atom. The Morgan fingerprint density at radius 2 is 1.44 bits per heavy atom. The Balaban J connectivity index is 1.43. The Hall–Kier alpha value is -5.15. The van der Waals surface area contributed by atoms with Crippen molar-refractivity contribution in [2.24, 2.45) is 0 Å². The Labute approximate surface area is 228 Å². The maximum absolute atomic E-state index is 8.54. The van der Waals surface area contributed by atoms with E-state index < -0.39 is 0 Å². The summed E-state index contributed by atoms with van der Waals surface area (Å²) in [4.78, 5) is 10.0. The molecule has 0 saturated heterocycles. The topological polar surface area (TPSA) is 49.6 Å². The van der Waals surface area contributed by atoms with Crippen molar-refractivity contribution in [1.29, 1.82) is 5.41 Å². The SMILES string of the molecule is C=Cc1ccccc1CC(=N)/C=C\C(=C)c1nc(-c2ccc3ccccc3c2)c2ccc3ccccc3c2n1. The number of hydrogen-bond acceptors (Lipinski definition) is 3. The molecule has 6 aromatic rings. The normalized spacial score (nSPS) is 11.4. The molecule has 0 aliphatic carbocycles. The summed E-state index contributed by atoms with van der Waals surface area (Å²) in [6.07, 6.45) is 5.97. The fourth-order valence-electron chi connectivity index (χ4n) is 5.00. The van der Waals surface area contributed by atoms with Crippen LogP contribution in [-0.4, -0.2) is 15.7 Å². The maximum Gasteiger partial charge on any atom is 0.159 e. The van der Waals surface area contributed by atoms with Gasteiger partial charge in [0.25, 0.3) is 0 Å². The van der Waals surface area contributed by atoms with Crippen LogP contribution in [-0.2, 0) is 6.42 Å². The smallest absolute Gasteiger partial charge is 0.159 e. The number of fused-ring (bicyclic) bond motifs is 4. The van der Waals surface area contributed by atoms with Crippen molar-refractivity contribution in [2.45, 2.75) is 6.42 Å². The van der Waals surface area contributed by atoms with Crippen molar-refractivity contribution in [1.82, 2.24) is 9.97 Å². The second-order valence-electron chi connectivity index (χ2n) is 9.60. The first-order valence-corrected chi connectivity index (χ1v) is 12.9. The fourth-order valence-corrected chi connectivity index (χ4v) is 5.00. The van der Waals surface area contributed by atoms with E-state index in [9.17, 15) is 0 Å². The van der Waals surface area contributed by atoms with Gasteiger partial charge in [0.1, 0.15) is 0 Å². The van der Waals surface area contributed by atoms with Crippen LogP contribution in [0.25, 0.3) is 55.4 Å². The quantitative estimate of drug-likeness (QED) is 0.135. The zero-order chi connectivity index (χ0) is 26.8. The second-order valence-corrected chi connectivity index (χ2v) is 9.60. The number of rotatable bonds is 7. The molecule has 1 aromatic heterocycles. The summed E-state index contributed by atoms with van der Waals surface area (Å²) in [6, 6.07) is 35.3. The predicted molar refractivity (Wildman–Crippen MR) is 166 cm³/mol. The van der Waals surface area contributed by atoms with Crippen LogP contribution < -0.4 is 0 Å². The van der Waals surface area contributed by atoms with Gasteiger partial charge in [0.15, 0.2) is 5.82 Å². The van der Waals surface area contributed by atoms with Crippen LogP contribution in [0.3, 0.4) is 0 Å². The van der Waals surface area contributed by atoms with Gasteiger partial charge < -0.3 is 5.41 Å². The van der Waals surface area contributed by atoms with Crippen LogP contribution in [0.2, 0.25) is 0 Å². The molecular formula is C36H27N3. The Kier molecular flexibility index (Phi) is 6.40. The second kappa shape index (κ2) is 10.3. The van der Waals surface area contributed by atoms with Crippen molar-refractivity contribution in [2.75, 3.05) is 0 Å². The third kappa shape index (κ3) is 4.78. The van der Waals surface area contributed by atoms with Gasteiger partial charge >= 0.3 is 0 Å². The van der Waals surface area contributed by atoms with Gasteiger partial charge in [-0.1, -0.05) is 110 Å². The molecule has 0 bridgehead atoms. The van der Waals surface area contributed by atoms with E-state index in [-0.39, 0.29) is 0 Å². The summed E-state index contributed by atoms with van der Waals surface area (Å²) in [6.45, 7) is 8.17. The van der Waals surface area contributed by atoms with Crippen molar-refractivity contribution in [3.8, 4) is 11.3 Å². The number of nitrogens with one attached hydrogen (secondary N) is 1. The molecule has 0 radical (unpaired) electrons. The minimum absolute atomic E-state index is 0.478. The van der Waals surface area contributed by atoms with Crippen LogP contribution >= 0.6 is 0 Å². The van der Waals surface area contributed by atoms with Gasteiger partial charge in [0.05, 0.1) is 11.2 Å². The predicted octanol–water partition coefficient (Wildman–Crippen LogP) is 9.08. The third-order valence-corrected chi connectivity index (χ3v) is 7.04. The number of allylic oxidation sites excluding steroid dienone is 3. The molecular weight excluding hydrogens is 474 g/mol. The molecule has 0 atom stereocenters. The highest BCUT2D eigenvalue weighted by Crippen LogP contribution is 2.33. The molecule has 3 nitrogen and oxygen atoms in total. The van der Waals surface area contributed by atoms with Crippen LogP contribution in [0.15, 0.2) is 128 Å². The molecule has 0 fully saturated rings. The highest BCUT2D eigenvalue weighted by molar-refractivity contribution is 6.10. The van der Waals surface area contributed by atoms with Crippen molar-refractivity contribution in [3.63, 3.8) is 0 Å². The lowest BCUT2D eigenvalue weighted by atomic mass is 9.99. The zero-order valence-corrected chi connectivity index (χ0v) is 21.6. The summed E-state index contributed by atoms with van der Waals surface area (Å²) in [5.41, 5.74) is 6.05. The fraction of sp³-hybridized carbons (Fsp3) is 0.0278. The Bertz CT molecular complexity index is 1950. The molecule has 1 heterocycles. The van der Waals surface area contributed by atoms with E-state index in [4.69, 9.17) is 15.4 Å². The third-order valence-electron chi connectivity index (χ3n) is 7.04. The van der Waals surface area contributed by atoms with Gasteiger partial charge in [-0.3, -0.25) is 0 Å². The highest BCUT2D eigenvalue weighted by atomic mass is 14.9. The molecule has 0 amide bonds.